The van der Waals surface area contributed by atoms with E-state index in [9.17, 15) is 14.7 Å². The molecule has 1 aliphatic heterocycles. The second-order valence-electron chi connectivity index (χ2n) is 9.38. The van der Waals surface area contributed by atoms with Crippen molar-refractivity contribution in [2.24, 2.45) is 5.92 Å². The Hall–Kier alpha value is -3.08. The van der Waals surface area contributed by atoms with Crippen molar-refractivity contribution < 1.29 is 37.5 Å². The molecule has 1 amide bonds. The van der Waals surface area contributed by atoms with Crippen molar-refractivity contribution in [1.29, 1.82) is 0 Å². The summed E-state index contributed by atoms with van der Waals surface area (Å²) >= 11 is 0. The lowest BCUT2D eigenvalue weighted by molar-refractivity contribution is -0.183. The lowest BCUT2D eigenvalue weighted by Gasteiger charge is -2.34. The number of esters is 1. The van der Waals surface area contributed by atoms with Crippen molar-refractivity contribution >= 4 is 11.9 Å². The number of halogens is 2. The number of benzene rings is 1. The quantitative estimate of drug-likeness (QED) is 0.508. The molecule has 2 aromatic rings. The van der Waals surface area contributed by atoms with E-state index < -0.39 is 29.9 Å². The highest BCUT2D eigenvalue weighted by Gasteiger charge is 2.54. The number of amides is 1. The Morgan fingerprint density at radius 2 is 1.86 bits per heavy atom. The average molecular weight is 508 g/mol. The molecule has 36 heavy (non-hydrogen) atoms. The monoisotopic (exact) mass is 507 g/mol. The zero-order valence-electron chi connectivity index (χ0n) is 20.2. The number of aliphatic hydroxyl groups is 1. The van der Waals surface area contributed by atoms with Crippen LogP contribution < -0.4 is 4.74 Å². The van der Waals surface area contributed by atoms with Crippen molar-refractivity contribution in [1.82, 2.24) is 15.0 Å². The number of nitrogens with zero attached hydrogens (tertiary/aromatic N) is 3. The fourth-order valence-corrected chi connectivity index (χ4v) is 4.82. The summed E-state index contributed by atoms with van der Waals surface area (Å²) in [5, 5.41) is 14.3. The van der Waals surface area contributed by atoms with Crippen molar-refractivity contribution in [3.8, 4) is 5.75 Å². The third-order valence-electron chi connectivity index (χ3n) is 6.78. The highest BCUT2D eigenvalue weighted by molar-refractivity contribution is 5.84. The first-order valence-electron chi connectivity index (χ1n) is 12.3. The Labute approximate surface area is 207 Å². The first-order valence-corrected chi connectivity index (χ1v) is 12.3. The van der Waals surface area contributed by atoms with Crippen LogP contribution in [0.25, 0.3) is 0 Å². The molecule has 2 heterocycles. The van der Waals surface area contributed by atoms with Crippen molar-refractivity contribution in [2.75, 3.05) is 6.54 Å². The first-order chi connectivity index (χ1) is 17.3. The van der Waals surface area contributed by atoms with Crippen LogP contribution >= 0.6 is 0 Å². The van der Waals surface area contributed by atoms with Crippen LogP contribution in [0.5, 0.6) is 5.75 Å². The molecule has 0 radical (unpaired) electrons. The highest BCUT2D eigenvalue weighted by Crippen LogP contribution is 2.39. The summed E-state index contributed by atoms with van der Waals surface area (Å²) < 4.78 is 45.8. The number of rotatable bonds is 9. The van der Waals surface area contributed by atoms with E-state index in [2.05, 4.69) is 10.1 Å². The normalized spacial score (nSPS) is 19.8. The van der Waals surface area contributed by atoms with E-state index in [4.69, 9.17) is 14.0 Å². The first kappa shape index (κ1) is 26.0. The summed E-state index contributed by atoms with van der Waals surface area (Å²) in [7, 11) is 0. The van der Waals surface area contributed by atoms with Gasteiger partial charge in [-0.3, -0.25) is 9.59 Å². The molecule has 2 aliphatic rings. The number of ether oxygens (including phenoxy) is 2. The number of hydrogen-bond donors (Lipinski definition) is 1. The molecule has 1 N–H and O–H groups in total. The minimum Gasteiger partial charge on any atom is -0.484 e. The van der Waals surface area contributed by atoms with E-state index in [1.54, 1.807) is 24.3 Å². The van der Waals surface area contributed by atoms with Gasteiger partial charge in [-0.25, -0.2) is 0 Å². The maximum atomic E-state index is 15.0. The smallest absolute Gasteiger partial charge is 0.350 e. The highest BCUT2D eigenvalue weighted by atomic mass is 19.3. The number of likely N-dealkylation sites (tertiary alicyclic amines) is 1. The Morgan fingerprint density at radius 1 is 1.14 bits per heavy atom. The molecule has 1 aromatic heterocycles. The molecule has 9 nitrogen and oxygen atoms in total. The van der Waals surface area contributed by atoms with Crippen molar-refractivity contribution in [3.63, 3.8) is 0 Å². The second-order valence-corrected chi connectivity index (χ2v) is 9.38. The van der Waals surface area contributed by atoms with E-state index in [1.165, 1.54) is 6.92 Å². The van der Waals surface area contributed by atoms with Gasteiger partial charge in [-0.2, -0.15) is 13.8 Å². The van der Waals surface area contributed by atoms with Crippen LogP contribution in [0.4, 0.5) is 8.78 Å². The van der Waals surface area contributed by atoms with E-state index in [-0.39, 0.29) is 37.4 Å². The SMILES string of the molecule is CC(=O)OCc1ccc(OCc2nc([C@@H]3CCCN3C(=O)C(F)(F)C(O)C3CCCCC3)no2)cc1. The van der Waals surface area contributed by atoms with Crippen LogP contribution in [0.1, 0.15) is 75.2 Å². The predicted octanol–water partition coefficient (Wildman–Crippen LogP) is 3.95. The van der Waals surface area contributed by atoms with Crippen LogP contribution in [-0.4, -0.2) is 50.6 Å². The topological polar surface area (TPSA) is 115 Å². The minimum absolute atomic E-state index is 0.0481. The molecule has 1 saturated carbocycles. The molecule has 2 atom stereocenters. The van der Waals surface area contributed by atoms with Gasteiger partial charge in [-0.1, -0.05) is 36.6 Å². The fraction of sp³-hybridized carbons (Fsp3) is 0.600. The summed E-state index contributed by atoms with van der Waals surface area (Å²) in [4.78, 5) is 29.1. The number of carbonyl (C=O) groups excluding carboxylic acids is 2. The predicted molar refractivity (Wildman–Crippen MR) is 122 cm³/mol. The largest absolute Gasteiger partial charge is 0.484 e. The van der Waals surface area contributed by atoms with Gasteiger partial charge in [0.25, 0.3) is 11.8 Å². The molecule has 0 bridgehead atoms. The van der Waals surface area contributed by atoms with Gasteiger partial charge in [0, 0.05) is 13.5 Å². The van der Waals surface area contributed by atoms with Crippen molar-refractivity contribution in [3.05, 3.63) is 41.5 Å². The number of alkyl halides is 2. The van der Waals surface area contributed by atoms with E-state index in [1.807, 2.05) is 0 Å². The van der Waals surface area contributed by atoms with E-state index in [0.29, 0.717) is 31.4 Å². The van der Waals surface area contributed by atoms with Gasteiger partial charge in [-0.15, -0.1) is 0 Å². The van der Waals surface area contributed by atoms with Crippen LogP contribution in [0.2, 0.25) is 0 Å². The third kappa shape index (κ3) is 6.00. The minimum atomic E-state index is -3.87. The van der Waals surface area contributed by atoms with E-state index in [0.717, 1.165) is 29.7 Å². The summed E-state index contributed by atoms with van der Waals surface area (Å²) in [6, 6.07) is 6.16. The van der Waals surface area contributed by atoms with E-state index >= 15 is 8.78 Å². The number of carbonyl (C=O) groups is 2. The average Bonchev–Trinajstić information content (AvgIpc) is 3.56. The Bertz CT molecular complexity index is 1040. The van der Waals surface area contributed by atoms with Gasteiger partial charge in [0.1, 0.15) is 18.5 Å². The van der Waals surface area contributed by atoms with Gasteiger partial charge in [0.2, 0.25) is 0 Å². The molecule has 1 aliphatic carbocycles. The Kier molecular flexibility index (Phi) is 8.17. The lowest BCUT2D eigenvalue weighted by atomic mass is 9.82. The number of aliphatic hydroxyl groups excluding tert-OH is 1. The maximum Gasteiger partial charge on any atom is 0.350 e. The third-order valence-corrected chi connectivity index (χ3v) is 6.78. The summed E-state index contributed by atoms with van der Waals surface area (Å²) in [5.74, 6) is -5.41. The summed E-state index contributed by atoms with van der Waals surface area (Å²) in [6.45, 7) is 1.59. The van der Waals surface area contributed by atoms with Crippen LogP contribution in [0, 0.1) is 5.92 Å². The maximum absolute atomic E-state index is 15.0. The summed E-state index contributed by atoms with van der Waals surface area (Å²) in [5.41, 5.74) is 0.800. The Balaban J connectivity index is 1.35. The van der Waals surface area contributed by atoms with Gasteiger partial charge < -0.3 is 24.0 Å². The molecule has 196 valence electrons. The standard InChI is InChI=1S/C25H31F2N3O6/c1-16(31)34-14-17-9-11-19(12-10-17)35-15-21-28-23(29-36-21)20-8-5-13-30(20)24(33)25(26,27)22(32)18-6-3-2-4-7-18/h9-12,18,20,22,32H,2-8,13-15H2,1H3/t20-,22?/m0/s1. The molecular formula is C25H31F2N3O6. The molecule has 2 fully saturated rings. The van der Waals surface area contributed by atoms with Gasteiger partial charge in [-0.05, 0) is 49.3 Å². The summed E-state index contributed by atoms with van der Waals surface area (Å²) in [6.07, 6.45) is 2.46. The van der Waals surface area contributed by atoms with Crippen LogP contribution in [0.15, 0.2) is 28.8 Å². The number of hydrogen-bond acceptors (Lipinski definition) is 8. The lowest BCUT2D eigenvalue weighted by Crippen LogP contribution is -2.52. The van der Waals surface area contributed by atoms with Crippen LogP contribution in [0.3, 0.4) is 0 Å². The molecule has 1 aromatic carbocycles. The molecular weight excluding hydrogens is 476 g/mol. The van der Waals surface area contributed by atoms with Gasteiger partial charge in [0.05, 0.1) is 6.04 Å². The second kappa shape index (κ2) is 11.3. The molecule has 4 rings (SSSR count). The van der Waals surface area contributed by atoms with Crippen LogP contribution in [-0.2, 0) is 27.5 Å². The molecule has 1 unspecified atom stereocenters. The molecule has 0 spiro atoms. The van der Waals surface area contributed by atoms with Gasteiger partial charge >= 0.3 is 11.9 Å². The van der Waals surface area contributed by atoms with Crippen molar-refractivity contribution in [2.45, 2.75) is 83.2 Å². The zero-order valence-corrected chi connectivity index (χ0v) is 20.2. The zero-order chi connectivity index (χ0) is 25.7. The van der Waals surface area contributed by atoms with Gasteiger partial charge in [0.15, 0.2) is 12.4 Å². The Morgan fingerprint density at radius 3 is 2.56 bits per heavy atom. The fourth-order valence-electron chi connectivity index (χ4n) is 4.82. The molecule has 11 heteroatoms. The molecule has 1 saturated heterocycles. The number of aromatic nitrogens is 2.